The predicted octanol–water partition coefficient (Wildman–Crippen LogP) is 5.45. The second-order valence-corrected chi connectivity index (χ2v) is 4.74. The third kappa shape index (κ3) is 2.28. The van der Waals surface area contributed by atoms with E-state index < -0.39 is 0 Å². The van der Waals surface area contributed by atoms with Crippen molar-refractivity contribution in [3.8, 4) is 0 Å². The molecule has 0 aliphatic heterocycles. The van der Waals surface area contributed by atoms with Crippen LogP contribution >= 0.6 is 0 Å². The molecule has 1 unspecified atom stereocenters. The first-order valence-corrected chi connectivity index (χ1v) is 6.79. The van der Waals surface area contributed by atoms with E-state index in [9.17, 15) is 0 Å². The van der Waals surface area contributed by atoms with Crippen molar-refractivity contribution in [3.63, 3.8) is 0 Å². The molecular weight excluding hydrogens is 230 g/mol. The number of hydrogen-bond acceptors (Lipinski definition) is 0. The Morgan fingerprint density at radius 1 is 1.26 bits per heavy atom. The summed E-state index contributed by atoms with van der Waals surface area (Å²) >= 11 is 0. The highest BCUT2D eigenvalue weighted by Crippen LogP contribution is 2.32. The largest absolute Gasteiger partial charge is 0.338 e. The van der Waals surface area contributed by atoms with Gasteiger partial charge in [-0.3, -0.25) is 0 Å². The Labute approximate surface area is 115 Å². The molecule has 2 rings (SSSR count). The molecule has 1 heteroatoms. The summed E-state index contributed by atoms with van der Waals surface area (Å²) in [4.78, 5) is 0. The van der Waals surface area contributed by atoms with Gasteiger partial charge < -0.3 is 4.57 Å². The molecule has 1 heterocycles. The van der Waals surface area contributed by atoms with Gasteiger partial charge in [0.05, 0.1) is 0 Å². The molecular formula is C18H21N. The van der Waals surface area contributed by atoms with Gasteiger partial charge in [-0.25, -0.2) is 0 Å². The summed E-state index contributed by atoms with van der Waals surface area (Å²) in [6.07, 6.45) is 8.97. The van der Waals surface area contributed by atoms with Crippen molar-refractivity contribution in [1.82, 2.24) is 4.57 Å². The highest BCUT2D eigenvalue weighted by molar-refractivity contribution is 5.94. The smallest absolute Gasteiger partial charge is 0.0493 e. The van der Waals surface area contributed by atoms with E-state index >= 15 is 0 Å². The van der Waals surface area contributed by atoms with Crippen LogP contribution in [0.15, 0.2) is 49.6 Å². The Morgan fingerprint density at radius 3 is 2.63 bits per heavy atom. The predicted molar refractivity (Wildman–Crippen MR) is 86.3 cm³/mol. The third-order valence-electron chi connectivity index (χ3n) is 3.62. The summed E-state index contributed by atoms with van der Waals surface area (Å²) in [7, 11) is 0. The summed E-state index contributed by atoms with van der Waals surface area (Å²) in [5.41, 5.74) is 3.69. The molecule has 1 aromatic carbocycles. The van der Waals surface area contributed by atoms with Crippen molar-refractivity contribution in [2.75, 3.05) is 0 Å². The zero-order chi connectivity index (χ0) is 13.8. The molecule has 98 valence electrons. The van der Waals surface area contributed by atoms with E-state index in [1.807, 2.05) is 18.2 Å². The minimum atomic E-state index is 0.461. The van der Waals surface area contributed by atoms with Crippen LogP contribution in [0.1, 0.15) is 37.6 Å². The average molecular weight is 251 g/mol. The summed E-state index contributed by atoms with van der Waals surface area (Å²) < 4.78 is 2.40. The van der Waals surface area contributed by atoms with E-state index in [0.29, 0.717) is 6.04 Å². The van der Waals surface area contributed by atoms with Crippen molar-refractivity contribution in [2.45, 2.75) is 26.3 Å². The summed E-state index contributed by atoms with van der Waals surface area (Å²) in [5, 5.41) is 1.27. The van der Waals surface area contributed by atoms with Gasteiger partial charge in [-0.05, 0) is 25.5 Å². The zero-order valence-corrected chi connectivity index (χ0v) is 11.8. The summed E-state index contributed by atoms with van der Waals surface area (Å²) in [5.74, 6) is 0. The van der Waals surface area contributed by atoms with Gasteiger partial charge >= 0.3 is 0 Å². The maximum absolute atomic E-state index is 3.98. The van der Waals surface area contributed by atoms with Crippen LogP contribution in [0.3, 0.4) is 0 Å². The molecule has 0 saturated carbocycles. The average Bonchev–Trinajstić information content (AvgIpc) is 2.77. The minimum Gasteiger partial charge on any atom is -0.338 e. The Kier molecular flexibility index (Phi) is 4.06. The van der Waals surface area contributed by atoms with E-state index in [-0.39, 0.29) is 0 Å². The fourth-order valence-electron chi connectivity index (χ4n) is 2.51. The van der Waals surface area contributed by atoms with Crippen molar-refractivity contribution < 1.29 is 0 Å². The molecule has 1 nitrogen and oxygen atoms in total. The van der Waals surface area contributed by atoms with Crippen LogP contribution in [0.25, 0.3) is 23.1 Å². The van der Waals surface area contributed by atoms with E-state index in [0.717, 1.165) is 6.42 Å². The molecule has 2 aromatic rings. The zero-order valence-electron chi connectivity index (χ0n) is 11.8. The minimum absolute atomic E-state index is 0.461. The van der Waals surface area contributed by atoms with Gasteiger partial charge in [-0.2, -0.15) is 0 Å². The molecule has 1 aromatic heterocycles. The van der Waals surface area contributed by atoms with E-state index in [1.165, 1.54) is 22.2 Å². The van der Waals surface area contributed by atoms with Gasteiger partial charge in [-0.1, -0.05) is 56.5 Å². The molecule has 0 saturated heterocycles. The fourth-order valence-corrected chi connectivity index (χ4v) is 2.51. The lowest BCUT2D eigenvalue weighted by atomic mass is 10.1. The molecule has 0 amide bonds. The Bertz CT molecular complexity index is 628. The number of fused-ring (bicyclic) bond motifs is 1. The van der Waals surface area contributed by atoms with Crippen LogP contribution in [0, 0.1) is 0 Å². The van der Waals surface area contributed by atoms with E-state index in [2.05, 4.69) is 61.9 Å². The maximum atomic E-state index is 3.98. The second-order valence-electron chi connectivity index (χ2n) is 4.74. The Hall–Kier alpha value is -2.02. The number of rotatable bonds is 5. The third-order valence-corrected chi connectivity index (χ3v) is 3.62. The lowest BCUT2D eigenvalue weighted by Crippen LogP contribution is -2.05. The van der Waals surface area contributed by atoms with Crippen molar-refractivity contribution in [2.24, 2.45) is 0 Å². The van der Waals surface area contributed by atoms with Crippen LogP contribution in [0.4, 0.5) is 0 Å². The quantitative estimate of drug-likeness (QED) is 0.622. The number of para-hydroxylation sites is 1. The molecule has 0 aliphatic rings. The lowest BCUT2D eigenvalue weighted by molar-refractivity contribution is 0.545. The fraction of sp³-hybridized carbons (Fsp3) is 0.222. The number of allylic oxidation sites excluding steroid dienone is 2. The topological polar surface area (TPSA) is 4.93 Å². The maximum Gasteiger partial charge on any atom is 0.0493 e. The number of hydrogen-bond donors (Lipinski definition) is 0. The normalized spacial score (nSPS) is 12.9. The summed E-state index contributed by atoms with van der Waals surface area (Å²) in [6.45, 7) is 12.2. The lowest BCUT2D eigenvalue weighted by Gasteiger charge is -2.16. The van der Waals surface area contributed by atoms with Crippen molar-refractivity contribution in [1.29, 1.82) is 0 Å². The second kappa shape index (κ2) is 5.75. The van der Waals surface area contributed by atoms with Gasteiger partial charge in [0.15, 0.2) is 0 Å². The van der Waals surface area contributed by atoms with Gasteiger partial charge in [-0.15, -0.1) is 0 Å². The first kappa shape index (κ1) is 13.4. The first-order valence-electron chi connectivity index (χ1n) is 6.79. The Morgan fingerprint density at radius 2 is 2.00 bits per heavy atom. The van der Waals surface area contributed by atoms with Crippen LogP contribution in [0.2, 0.25) is 0 Å². The van der Waals surface area contributed by atoms with Crippen LogP contribution in [0.5, 0.6) is 0 Å². The van der Waals surface area contributed by atoms with E-state index in [1.54, 1.807) is 0 Å². The molecule has 1 atom stereocenters. The molecule has 0 fully saturated rings. The SMILES string of the molecule is C=C/C=C\c1c(C=C)c2ccccc2n1C(C)CC. The summed E-state index contributed by atoms with van der Waals surface area (Å²) in [6, 6.07) is 8.98. The number of aromatic nitrogens is 1. The monoisotopic (exact) mass is 251 g/mol. The van der Waals surface area contributed by atoms with Gasteiger partial charge in [0.2, 0.25) is 0 Å². The molecule has 0 spiro atoms. The van der Waals surface area contributed by atoms with Gasteiger partial charge in [0.1, 0.15) is 0 Å². The molecule has 0 bridgehead atoms. The highest BCUT2D eigenvalue weighted by Gasteiger charge is 2.15. The Balaban J connectivity index is 2.83. The highest BCUT2D eigenvalue weighted by atomic mass is 15.0. The van der Waals surface area contributed by atoms with Gasteiger partial charge in [0.25, 0.3) is 0 Å². The standard InChI is InChI=1S/C18H21N/c1-5-8-12-17-15(7-3)16-11-9-10-13-18(16)19(17)14(4)6-2/h5,7-14H,1,3,6H2,2,4H3/b12-8-. The molecule has 0 radical (unpaired) electrons. The van der Waals surface area contributed by atoms with Crippen LogP contribution in [-0.2, 0) is 0 Å². The number of benzene rings is 1. The van der Waals surface area contributed by atoms with Gasteiger partial charge in [0, 0.05) is 28.2 Å². The molecule has 19 heavy (non-hydrogen) atoms. The van der Waals surface area contributed by atoms with Crippen molar-refractivity contribution in [3.05, 3.63) is 60.8 Å². The van der Waals surface area contributed by atoms with Crippen LogP contribution in [-0.4, -0.2) is 4.57 Å². The van der Waals surface area contributed by atoms with Crippen molar-refractivity contribution >= 4 is 23.1 Å². The molecule has 0 aliphatic carbocycles. The van der Waals surface area contributed by atoms with E-state index in [4.69, 9.17) is 0 Å². The molecule has 0 N–H and O–H groups in total. The van der Waals surface area contributed by atoms with Crippen LogP contribution < -0.4 is 0 Å². The number of nitrogens with zero attached hydrogens (tertiary/aromatic N) is 1. The first-order chi connectivity index (χ1) is 9.24.